The summed E-state index contributed by atoms with van der Waals surface area (Å²) in [5.41, 5.74) is -0.0809. The van der Waals surface area contributed by atoms with Crippen molar-refractivity contribution in [3.8, 4) is 5.75 Å². The van der Waals surface area contributed by atoms with Gasteiger partial charge in [-0.25, -0.2) is 13.1 Å². The molecule has 0 aromatic heterocycles. The minimum Gasteiger partial charge on any atom is -0.484 e. The van der Waals surface area contributed by atoms with Gasteiger partial charge in [-0.15, -0.1) is 0 Å². The van der Waals surface area contributed by atoms with Gasteiger partial charge in [0.25, 0.3) is 5.91 Å². The summed E-state index contributed by atoms with van der Waals surface area (Å²) in [6.45, 7) is 5.07. The van der Waals surface area contributed by atoms with Gasteiger partial charge in [-0.2, -0.15) is 0 Å². The molecule has 0 fully saturated rings. The lowest BCUT2D eigenvalue weighted by atomic mass is 10.1. The first-order valence-corrected chi connectivity index (χ1v) is 9.74. The molecule has 0 saturated carbocycles. The Balaban J connectivity index is 1.95. The van der Waals surface area contributed by atoms with E-state index in [0.29, 0.717) is 16.5 Å². The van der Waals surface area contributed by atoms with E-state index in [2.05, 4.69) is 10.0 Å². The largest absolute Gasteiger partial charge is 0.484 e. The highest BCUT2D eigenvalue weighted by Gasteiger charge is 2.21. The van der Waals surface area contributed by atoms with Gasteiger partial charge in [-0.1, -0.05) is 23.7 Å². The molecule has 0 unspecified atom stereocenters. The number of rotatable bonds is 6. The van der Waals surface area contributed by atoms with Crippen molar-refractivity contribution in [2.75, 3.05) is 11.9 Å². The number of para-hydroxylation sites is 1. The van der Waals surface area contributed by atoms with E-state index < -0.39 is 15.6 Å². The van der Waals surface area contributed by atoms with Crippen molar-refractivity contribution in [2.24, 2.45) is 0 Å². The summed E-state index contributed by atoms with van der Waals surface area (Å²) in [6, 6.07) is 12.7. The fourth-order valence-corrected chi connectivity index (χ4v) is 3.68. The van der Waals surface area contributed by atoms with Crippen molar-refractivity contribution >= 4 is 33.2 Å². The number of amides is 1. The summed E-state index contributed by atoms with van der Waals surface area (Å²) in [4.78, 5) is 12.0. The quantitative estimate of drug-likeness (QED) is 0.783. The predicted octanol–water partition coefficient (Wildman–Crippen LogP) is 3.43. The molecule has 0 aliphatic carbocycles. The van der Waals surface area contributed by atoms with Gasteiger partial charge in [0.15, 0.2) is 6.61 Å². The molecule has 0 spiro atoms. The summed E-state index contributed by atoms with van der Waals surface area (Å²) in [7, 11) is -3.61. The van der Waals surface area contributed by atoms with E-state index in [-0.39, 0.29) is 17.4 Å². The van der Waals surface area contributed by atoms with Gasteiger partial charge in [-0.05, 0) is 57.2 Å². The van der Waals surface area contributed by atoms with Crippen LogP contribution in [0.1, 0.15) is 20.8 Å². The van der Waals surface area contributed by atoms with Crippen LogP contribution >= 0.6 is 11.6 Å². The third-order valence-electron chi connectivity index (χ3n) is 3.09. The minimum atomic E-state index is -3.61. The third kappa shape index (κ3) is 6.01. The van der Waals surface area contributed by atoms with Gasteiger partial charge in [0, 0.05) is 5.54 Å². The maximum atomic E-state index is 12.2. The number of benzene rings is 2. The molecule has 2 aromatic rings. The van der Waals surface area contributed by atoms with Gasteiger partial charge in [-0.3, -0.25) is 4.79 Å². The van der Waals surface area contributed by atoms with Crippen LogP contribution in [-0.4, -0.2) is 26.5 Å². The Morgan fingerprint density at radius 2 is 1.69 bits per heavy atom. The van der Waals surface area contributed by atoms with E-state index in [1.54, 1.807) is 45.0 Å². The number of hydrogen-bond donors (Lipinski definition) is 2. The Morgan fingerprint density at radius 1 is 1.08 bits per heavy atom. The summed E-state index contributed by atoms with van der Waals surface area (Å²) in [6.07, 6.45) is 0. The van der Waals surface area contributed by atoms with Crippen molar-refractivity contribution in [2.45, 2.75) is 31.2 Å². The number of nitrogens with one attached hydrogen (secondary N) is 2. The average molecular weight is 397 g/mol. The normalized spacial score (nSPS) is 11.8. The first-order valence-electron chi connectivity index (χ1n) is 7.88. The summed E-state index contributed by atoms with van der Waals surface area (Å²) in [5.74, 6) is 0.0122. The second-order valence-electron chi connectivity index (χ2n) is 6.64. The molecule has 0 aliphatic heterocycles. The zero-order valence-corrected chi connectivity index (χ0v) is 16.3. The van der Waals surface area contributed by atoms with Crippen LogP contribution in [0.5, 0.6) is 5.75 Å². The first kappa shape index (κ1) is 20.2. The van der Waals surface area contributed by atoms with Crippen LogP contribution in [0, 0.1) is 0 Å². The molecule has 0 radical (unpaired) electrons. The number of sulfonamides is 1. The van der Waals surface area contributed by atoms with E-state index in [4.69, 9.17) is 16.3 Å². The summed E-state index contributed by atoms with van der Waals surface area (Å²) in [5, 5.41) is 3.07. The Kier molecular flexibility index (Phi) is 6.28. The topological polar surface area (TPSA) is 84.5 Å². The van der Waals surface area contributed by atoms with Gasteiger partial charge in [0.05, 0.1) is 15.6 Å². The molecule has 0 heterocycles. The Bertz CT molecular complexity index is 875. The maximum Gasteiger partial charge on any atom is 0.262 e. The molecule has 2 aromatic carbocycles. The predicted molar refractivity (Wildman–Crippen MR) is 102 cm³/mol. The molecule has 1 amide bonds. The summed E-state index contributed by atoms with van der Waals surface area (Å²) < 4.78 is 32.4. The second-order valence-corrected chi connectivity index (χ2v) is 8.73. The molecular weight excluding hydrogens is 376 g/mol. The monoisotopic (exact) mass is 396 g/mol. The highest BCUT2D eigenvalue weighted by Crippen LogP contribution is 2.21. The van der Waals surface area contributed by atoms with Gasteiger partial charge < -0.3 is 10.1 Å². The molecule has 8 heteroatoms. The molecule has 140 valence electrons. The van der Waals surface area contributed by atoms with Crippen LogP contribution in [0.4, 0.5) is 5.69 Å². The molecule has 0 atom stereocenters. The maximum absolute atomic E-state index is 12.2. The van der Waals surface area contributed by atoms with Crippen LogP contribution in [-0.2, 0) is 14.8 Å². The lowest BCUT2D eigenvalue weighted by Crippen LogP contribution is -2.40. The van der Waals surface area contributed by atoms with E-state index in [9.17, 15) is 13.2 Å². The second kappa shape index (κ2) is 8.07. The molecule has 26 heavy (non-hydrogen) atoms. The highest BCUT2D eigenvalue weighted by molar-refractivity contribution is 7.89. The smallest absolute Gasteiger partial charge is 0.262 e. The number of anilines is 1. The molecule has 0 aliphatic rings. The lowest BCUT2D eigenvalue weighted by Gasteiger charge is -2.20. The van der Waals surface area contributed by atoms with Crippen molar-refractivity contribution in [1.29, 1.82) is 0 Å². The van der Waals surface area contributed by atoms with E-state index in [1.807, 2.05) is 0 Å². The zero-order chi connectivity index (χ0) is 19.4. The third-order valence-corrected chi connectivity index (χ3v) is 5.20. The molecule has 2 N–H and O–H groups in total. The van der Waals surface area contributed by atoms with Crippen molar-refractivity contribution in [3.63, 3.8) is 0 Å². The lowest BCUT2D eigenvalue weighted by molar-refractivity contribution is -0.118. The fourth-order valence-electron chi connectivity index (χ4n) is 2.07. The Labute approximate surface area is 158 Å². The van der Waals surface area contributed by atoms with E-state index in [1.165, 1.54) is 24.3 Å². The number of hydrogen-bond acceptors (Lipinski definition) is 4. The fraction of sp³-hybridized carbons (Fsp3) is 0.278. The van der Waals surface area contributed by atoms with Crippen molar-refractivity contribution in [3.05, 3.63) is 53.6 Å². The number of carbonyl (C=O) groups excluding carboxylic acids is 1. The van der Waals surface area contributed by atoms with Gasteiger partial charge >= 0.3 is 0 Å². The van der Waals surface area contributed by atoms with Crippen LogP contribution in [0.25, 0.3) is 0 Å². The van der Waals surface area contributed by atoms with Gasteiger partial charge in [0.2, 0.25) is 10.0 Å². The molecule has 6 nitrogen and oxygen atoms in total. The van der Waals surface area contributed by atoms with Crippen LogP contribution in [0.15, 0.2) is 53.4 Å². The van der Waals surface area contributed by atoms with Crippen molar-refractivity contribution in [1.82, 2.24) is 4.72 Å². The number of ether oxygens (including phenoxy) is 1. The molecule has 2 rings (SSSR count). The Morgan fingerprint density at radius 3 is 2.27 bits per heavy atom. The van der Waals surface area contributed by atoms with E-state index in [0.717, 1.165) is 0 Å². The average Bonchev–Trinajstić information content (AvgIpc) is 2.53. The number of carbonyl (C=O) groups is 1. The molecule has 0 bridgehead atoms. The molecule has 0 saturated heterocycles. The van der Waals surface area contributed by atoms with Crippen LogP contribution < -0.4 is 14.8 Å². The number of halogens is 1. The van der Waals surface area contributed by atoms with Crippen molar-refractivity contribution < 1.29 is 17.9 Å². The van der Waals surface area contributed by atoms with Crippen LogP contribution in [0.3, 0.4) is 0 Å². The standard InChI is InChI=1S/C18H21ClN2O4S/c1-18(2,3)21-26(23,24)14-10-8-13(9-11-14)25-12-17(22)20-16-7-5-4-6-15(16)19/h4-11,21H,12H2,1-3H3,(H,20,22). The SMILES string of the molecule is CC(C)(C)NS(=O)(=O)c1ccc(OCC(=O)Nc2ccccc2Cl)cc1. The first-order chi connectivity index (χ1) is 12.1. The zero-order valence-electron chi connectivity index (χ0n) is 14.7. The minimum absolute atomic E-state index is 0.125. The Hall–Kier alpha value is -2.09. The van der Waals surface area contributed by atoms with E-state index >= 15 is 0 Å². The molecular formula is C18H21ClN2O4S. The van der Waals surface area contributed by atoms with Gasteiger partial charge in [0.1, 0.15) is 5.75 Å². The summed E-state index contributed by atoms with van der Waals surface area (Å²) >= 11 is 5.97. The highest BCUT2D eigenvalue weighted by atomic mass is 35.5. The van der Waals surface area contributed by atoms with Crippen LogP contribution in [0.2, 0.25) is 5.02 Å².